The van der Waals surface area contributed by atoms with Crippen molar-refractivity contribution in [3.05, 3.63) is 27.7 Å². The van der Waals surface area contributed by atoms with Gasteiger partial charge in [0.25, 0.3) is 0 Å². The highest BCUT2D eigenvalue weighted by Crippen LogP contribution is 2.64. The standard InChI is InChI=1S/C19H18Cl2N2O4/c1-18-13(24)7-19(27-18)3-2-4-26-17-15(19)14(18)16(25)23(17)9-5-11(20)10(8-22)12(21)6-9/h5-6,13-15,17,24H,2-4,7H2,1H3/t13-,14?,15?,17+,18-,19+/m0/s1. The number of aliphatic hydroxyl groups is 1. The number of fused-ring (bicyclic) bond motifs is 2. The number of carbonyl (C=O) groups excluding carboxylic acids is 1. The lowest BCUT2D eigenvalue weighted by atomic mass is 9.65. The number of rotatable bonds is 1. The minimum atomic E-state index is -0.921. The van der Waals surface area contributed by atoms with Crippen LogP contribution in [-0.2, 0) is 14.3 Å². The van der Waals surface area contributed by atoms with Crippen molar-refractivity contribution in [2.75, 3.05) is 11.5 Å². The number of benzene rings is 1. The Morgan fingerprint density at radius 3 is 2.74 bits per heavy atom. The van der Waals surface area contributed by atoms with Crippen molar-refractivity contribution in [3.63, 3.8) is 0 Å². The Morgan fingerprint density at radius 1 is 1.37 bits per heavy atom. The van der Waals surface area contributed by atoms with Gasteiger partial charge in [0, 0.05) is 24.6 Å². The summed E-state index contributed by atoms with van der Waals surface area (Å²) in [4.78, 5) is 15.1. The molecule has 1 N–H and O–H groups in total. The van der Waals surface area contributed by atoms with Gasteiger partial charge in [0.05, 0.1) is 33.2 Å². The molecule has 27 heavy (non-hydrogen) atoms. The van der Waals surface area contributed by atoms with Crippen LogP contribution in [0.4, 0.5) is 5.69 Å². The fourth-order valence-electron chi connectivity index (χ4n) is 5.63. The van der Waals surface area contributed by atoms with Crippen molar-refractivity contribution >= 4 is 34.8 Å². The monoisotopic (exact) mass is 408 g/mol. The van der Waals surface area contributed by atoms with Crippen molar-refractivity contribution < 1.29 is 19.4 Å². The van der Waals surface area contributed by atoms with E-state index < -0.39 is 29.5 Å². The van der Waals surface area contributed by atoms with E-state index in [1.165, 1.54) is 0 Å². The first kappa shape index (κ1) is 17.7. The average Bonchev–Trinajstić information content (AvgIpc) is 3.08. The third kappa shape index (κ3) is 2.10. The summed E-state index contributed by atoms with van der Waals surface area (Å²) < 4.78 is 12.4. The van der Waals surface area contributed by atoms with E-state index in [4.69, 9.17) is 32.7 Å². The molecule has 4 saturated heterocycles. The Balaban J connectivity index is 1.65. The summed E-state index contributed by atoms with van der Waals surface area (Å²) in [5, 5.41) is 20.2. The molecule has 2 unspecified atom stereocenters. The number of nitriles is 1. The van der Waals surface area contributed by atoms with Crippen molar-refractivity contribution in [2.45, 2.75) is 49.7 Å². The SMILES string of the molecule is C[C@@]12O[C@]3(CCCO[C@@H]4C3C1C(=O)N4c1cc(Cl)c(C#N)c(Cl)c1)C[C@@H]2O. The Morgan fingerprint density at radius 2 is 2.07 bits per heavy atom. The molecule has 6 nitrogen and oxygen atoms in total. The van der Waals surface area contributed by atoms with Gasteiger partial charge in [-0.05, 0) is 31.9 Å². The summed E-state index contributed by atoms with van der Waals surface area (Å²) >= 11 is 12.4. The van der Waals surface area contributed by atoms with Crippen LogP contribution in [0.2, 0.25) is 10.0 Å². The highest BCUT2D eigenvalue weighted by atomic mass is 35.5. The van der Waals surface area contributed by atoms with Crippen LogP contribution in [0.25, 0.3) is 0 Å². The Kier molecular flexibility index (Phi) is 3.67. The molecule has 6 atom stereocenters. The molecule has 0 aromatic heterocycles. The van der Waals surface area contributed by atoms with Crippen LogP contribution in [0.15, 0.2) is 12.1 Å². The maximum Gasteiger partial charge on any atom is 0.235 e. The first-order chi connectivity index (χ1) is 12.8. The van der Waals surface area contributed by atoms with E-state index in [0.717, 1.165) is 12.8 Å². The van der Waals surface area contributed by atoms with Crippen LogP contribution in [-0.4, -0.2) is 41.2 Å². The molecule has 8 heteroatoms. The molecule has 4 fully saturated rings. The molecule has 1 aromatic rings. The zero-order valence-corrected chi connectivity index (χ0v) is 16.1. The smallest absolute Gasteiger partial charge is 0.235 e. The highest BCUT2D eigenvalue weighted by Gasteiger charge is 2.77. The molecule has 5 rings (SSSR count). The van der Waals surface area contributed by atoms with Crippen LogP contribution < -0.4 is 4.90 Å². The third-order valence-electron chi connectivity index (χ3n) is 6.72. The van der Waals surface area contributed by atoms with E-state index in [2.05, 4.69) is 0 Å². The fraction of sp³-hybridized carbons (Fsp3) is 0.579. The van der Waals surface area contributed by atoms with Gasteiger partial charge in [0.15, 0.2) is 0 Å². The number of hydrogen-bond donors (Lipinski definition) is 1. The predicted molar refractivity (Wildman–Crippen MR) is 97.5 cm³/mol. The maximum absolute atomic E-state index is 13.5. The van der Waals surface area contributed by atoms with Crippen molar-refractivity contribution in [2.24, 2.45) is 11.8 Å². The van der Waals surface area contributed by atoms with Crippen molar-refractivity contribution in [1.29, 1.82) is 5.26 Å². The summed E-state index contributed by atoms with van der Waals surface area (Å²) in [6, 6.07) is 5.12. The number of halogens is 2. The van der Waals surface area contributed by atoms with Crippen LogP contribution in [0, 0.1) is 23.2 Å². The third-order valence-corrected chi connectivity index (χ3v) is 7.32. The number of aliphatic hydroxyl groups excluding tert-OH is 1. The van der Waals surface area contributed by atoms with Gasteiger partial charge < -0.3 is 14.6 Å². The normalized spacial score (nSPS) is 42.2. The van der Waals surface area contributed by atoms with Gasteiger partial charge in [-0.1, -0.05) is 23.2 Å². The van der Waals surface area contributed by atoms with E-state index in [0.29, 0.717) is 18.7 Å². The molecule has 1 spiro atoms. The fourth-order valence-corrected chi connectivity index (χ4v) is 6.19. The number of anilines is 1. The van der Waals surface area contributed by atoms with E-state index in [9.17, 15) is 15.2 Å². The summed E-state index contributed by atoms with van der Waals surface area (Å²) in [5.41, 5.74) is -0.791. The van der Waals surface area contributed by atoms with Crippen LogP contribution >= 0.6 is 23.2 Å². The molecular formula is C19H18Cl2N2O4. The van der Waals surface area contributed by atoms with Gasteiger partial charge in [-0.3, -0.25) is 9.69 Å². The molecule has 2 bridgehead atoms. The average molecular weight is 409 g/mol. The maximum atomic E-state index is 13.5. The Labute approximate surface area is 166 Å². The first-order valence-corrected chi connectivity index (χ1v) is 9.80. The zero-order chi connectivity index (χ0) is 19.1. The van der Waals surface area contributed by atoms with E-state index >= 15 is 0 Å². The zero-order valence-electron chi connectivity index (χ0n) is 14.6. The summed E-state index contributed by atoms with van der Waals surface area (Å²) in [6.07, 6.45) is 0.890. The largest absolute Gasteiger partial charge is 0.390 e. The molecule has 142 valence electrons. The Hall–Kier alpha value is -1.36. The van der Waals surface area contributed by atoms with Crippen molar-refractivity contribution in [1.82, 2.24) is 0 Å². The molecule has 0 radical (unpaired) electrons. The number of ether oxygens (including phenoxy) is 2. The summed E-state index contributed by atoms with van der Waals surface area (Å²) in [7, 11) is 0. The molecule has 1 amide bonds. The second kappa shape index (κ2) is 5.59. The van der Waals surface area contributed by atoms with Gasteiger partial charge in [-0.2, -0.15) is 5.26 Å². The van der Waals surface area contributed by atoms with Gasteiger partial charge in [0.1, 0.15) is 17.9 Å². The summed E-state index contributed by atoms with van der Waals surface area (Å²) in [5.74, 6) is -0.807. The topological polar surface area (TPSA) is 82.8 Å². The lowest BCUT2D eigenvalue weighted by Crippen LogP contribution is -2.49. The number of amides is 1. The van der Waals surface area contributed by atoms with Crippen LogP contribution in [0.5, 0.6) is 0 Å². The van der Waals surface area contributed by atoms with Crippen LogP contribution in [0.3, 0.4) is 0 Å². The number of carbonyl (C=O) groups is 1. The van der Waals surface area contributed by atoms with Gasteiger partial charge >= 0.3 is 0 Å². The number of nitrogens with zero attached hydrogens (tertiary/aromatic N) is 2. The van der Waals surface area contributed by atoms with E-state index in [1.807, 2.05) is 13.0 Å². The second-order valence-corrected chi connectivity index (χ2v) is 8.86. The molecule has 4 aliphatic rings. The summed E-state index contributed by atoms with van der Waals surface area (Å²) in [6.45, 7) is 2.33. The quantitative estimate of drug-likeness (QED) is 0.772. The predicted octanol–water partition coefficient (Wildman–Crippen LogP) is 2.87. The molecular weight excluding hydrogens is 391 g/mol. The molecule has 0 aliphatic carbocycles. The van der Waals surface area contributed by atoms with Gasteiger partial charge in [-0.15, -0.1) is 0 Å². The lowest BCUT2D eigenvalue weighted by Gasteiger charge is -2.35. The highest BCUT2D eigenvalue weighted by molar-refractivity contribution is 6.37. The molecule has 4 heterocycles. The minimum absolute atomic E-state index is 0.158. The minimum Gasteiger partial charge on any atom is -0.390 e. The van der Waals surface area contributed by atoms with Gasteiger partial charge in [-0.25, -0.2) is 0 Å². The van der Waals surface area contributed by atoms with Gasteiger partial charge in [0.2, 0.25) is 5.91 Å². The molecule has 0 saturated carbocycles. The molecule has 4 aliphatic heterocycles. The van der Waals surface area contributed by atoms with E-state index in [-0.39, 0.29) is 27.4 Å². The number of hydrogen-bond acceptors (Lipinski definition) is 5. The second-order valence-electron chi connectivity index (χ2n) is 8.04. The first-order valence-electron chi connectivity index (χ1n) is 9.04. The molecule has 1 aromatic carbocycles. The lowest BCUT2D eigenvalue weighted by molar-refractivity contribution is -0.132. The Bertz CT molecular complexity index is 879. The van der Waals surface area contributed by atoms with Crippen LogP contribution in [0.1, 0.15) is 31.7 Å². The van der Waals surface area contributed by atoms with Crippen molar-refractivity contribution in [3.8, 4) is 6.07 Å². The van der Waals surface area contributed by atoms with E-state index in [1.54, 1.807) is 17.0 Å².